The molecule has 1 aromatic carbocycles. The molecule has 1 aliphatic rings. The van der Waals surface area contributed by atoms with Gasteiger partial charge < -0.3 is 4.74 Å². The first kappa shape index (κ1) is 11.1. The number of carbonyl (C=O) groups excluding carboxylic acids is 1. The summed E-state index contributed by atoms with van der Waals surface area (Å²) in [5.74, 6) is -0.263. The van der Waals surface area contributed by atoms with Gasteiger partial charge in [0.1, 0.15) is 11.4 Å². The van der Waals surface area contributed by atoms with E-state index < -0.39 is 5.60 Å². The summed E-state index contributed by atoms with van der Waals surface area (Å²) in [5.41, 5.74) is 0.383. The molecule has 1 fully saturated rings. The fourth-order valence-corrected chi connectivity index (χ4v) is 2.44. The van der Waals surface area contributed by atoms with E-state index in [9.17, 15) is 9.18 Å². The van der Waals surface area contributed by atoms with Crippen molar-refractivity contribution in [3.05, 3.63) is 35.6 Å². The maximum Gasteiger partial charge on any atom is 0.293 e. The van der Waals surface area contributed by atoms with Crippen LogP contribution in [0.5, 0.6) is 0 Å². The minimum atomic E-state index is -0.520. The minimum absolute atomic E-state index is 0.263. The predicted octanol–water partition coefficient (Wildman–Crippen LogP) is 3.16. The van der Waals surface area contributed by atoms with E-state index in [1.54, 1.807) is 12.1 Å². The lowest BCUT2D eigenvalue weighted by Gasteiger charge is -2.35. The summed E-state index contributed by atoms with van der Waals surface area (Å²) in [7, 11) is 0. The fraction of sp³-hybridized carbons (Fsp3) is 0.462. The molecule has 0 heterocycles. The molecule has 2 rings (SSSR count). The van der Waals surface area contributed by atoms with Gasteiger partial charge in [-0.3, -0.25) is 4.79 Å². The lowest BCUT2D eigenvalue weighted by Crippen LogP contribution is -2.31. The normalized spacial score (nSPS) is 19.1. The summed E-state index contributed by atoms with van der Waals surface area (Å²) >= 11 is 0. The van der Waals surface area contributed by atoms with Gasteiger partial charge in [-0.2, -0.15) is 0 Å². The largest absolute Gasteiger partial charge is 0.456 e. The first-order valence-corrected chi connectivity index (χ1v) is 5.64. The van der Waals surface area contributed by atoms with Crippen molar-refractivity contribution in [2.24, 2.45) is 0 Å². The van der Waals surface area contributed by atoms with E-state index in [-0.39, 0.29) is 5.82 Å². The van der Waals surface area contributed by atoms with E-state index in [0.29, 0.717) is 6.47 Å². The molecule has 0 atom stereocenters. The van der Waals surface area contributed by atoms with Gasteiger partial charge in [0.15, 0.2) is 0 Å². The van der Waals surface area contributed by atoms with Crippen LogP contribution in [-0.2, 0) is 15.1 Å². The number of benzene rings is 1. The zero-order valence-corrected chi connectivity index (χ0v) is 9.12. The van der Waals surface area contributed by atoms with Crippen LogP contribution in [-0.4, -0.2) is 6.47 Å². The summed E-state index contributed by atoms with van der Waals surface area (Å²) in [5, 5.41) is 0. The van der Waals surface area contributed by atoms with Gasteiger partial charge in [-0.25, -0.2) is 4.39 Å². The molecule has 3 heteroatoms. The van der Waals surface area contributed by atoms with E-state index in [2.05, 4.69) is 0 Å². The zero-order valence-electron chi connectivity index (χ0n) is 9.12. The number of hydrogen-bond acceptors (Lipinski definition) is 2. The van der Waals surface area contributed by atoms with Crippen LogP contribution in [0.15, 0.2) is 24.3 Å². The summed E-state index contributed by atoms with van der Waals surface area (Å²) in [6.07, 6.45) is 4.93. The molecule has 0 bridgehead atoms. The van der Waals surface area contributed by atoms with Crippen LogP contribution in [0.1, 0.15) is 37.7 Å². The molecule has 0 aliphatic heterocycles. The molecule has 0 spiro atoms. The van der Waals surface area contributed by atoms with E-state index >= 15 is 0 Å². The molecular formula is C13H15FO2. The van der Waals surface area contributed by atoms with Crippen LogP contribution in [0.2, 0.25) is 0 Å². The van der Waals surface area contributed by atoms with Crippen molar-refractivity contribution >= 4 is 6.47 Å². The Balaban J connectivity index is 2.30. The summed E-state index contributed by atoms with van der Waals surface area (Å²) in [4.78, 5) is 10.6. The van der Waals surface area contributed by atoms with Gasteiger partial charge in [0.05, 0.1) is 0 Å². The lowest BCUT2D eigenvalue weighted by molar-refractivity contribution is -0.148. The lowest BCUT2D eigenvalue weighted by atomic mass is 9.79. The second kappa shape index (κ2) is 4.64. The Labute approximate surface area is 94.4 Å². The minimum Gasteiger partial charge on any atom is -0.456 e. The molecule has 0 unspecified atom stereocenters. The molecule has 1 aliphatic carbocycles. The Hall–Kier alpha value is -1.38. The van der Waals surface area contributed by atoms with Crippen molar-refractivity contribution in [3.8, 4) is 0 Å². The third kappa shape index (κ3) is 2.08. The van der Waals surface area contributed by atoms with Crippen molar-refractivity contribution in [1.82, 2.24) is 0 Å². The van der Waals surface area contributed by atoms with Crippen LogP contribution in [0.3, 0.4) is 0 Å². The number of ether oxygens (including phenoxy) is 1. The van der Waals surface area contributed by atoms with Gasteiger partial charge in [-0.15, -0.1) is 0 Å². The van der Waals surface area contributed by atoms with E-state index in [0.717, 1.165) is 31.2 Å². The molecule has 1 aromatic rings. The number of rotatable bonds is 3. The smallest absolute Gasteiger partial charge is 0.293 e. The Morgan fingerprint density at radius 2 is 1.75 bits per heavy atom. The SMILES string of the molecule is O=COC1(c2ccc(F)cc2)CCCCC1. The summed E-state index contributed by atoms with van der Waals surface area (Å²) in [6, 6.07) is 6.26. The molecule has 1 saturated carbocycles. The van der Waals surface area contributed by atoms with Crippen molar-refractivity contribution in [2.45, 2.75) is 37.7 Å². The Bertz CT molecular complexity index is 353. The van der Waals surface area contributed by atoms with E-state index in [1.165, 1.54) is 18.6 Å². The summed E-state index contributed by atoms with van der Waals surface area (Å²) in [6.45, 7) is 0.509. The predicted molar refractivity (Wildman–Crippen MR) is 58.3 cm³/mol. The maximum atomic E-state index is 12.9. The van der Waals surface area contributed by atoms with Crippen molar-refractivity contribution < 1.29 is 13.9 Å². The van der Waals surface area contributed by atoms with Gasteiger partial charge in [0.2, 0.25) is 0 Å². The van der Waals surface area contributed by atoms with Crippen LogP contribution in [0.25, 0.3) is 0 Å². The molecule has 0 radical (unpaired) electrons. The molecule has 0 saturated heterocycles. The molecule has 0 amide bonds. The Kier molecular flexibility index (Phi) is 3.22. The van der Waals surface area contributed by atoms with Crippen LogP contribution in [0, 0.1) is 5.82 Å². The van der Waals surface area contributed by atoms with Gasteiger partial charge >= 0.3 is 0 Å². The average molecular weight is 222 g/mol. The molecular weight excluding hydrogens is 207 g/mol. The molecule has 86 valence electrons. The third-order valence-corrected chi connectivity index (χ3v) is 3.31. The third-order valence-electron chi connectivity index (χ3n) is 3.31. The first-order chi connectivity index (χ1) is 7.77. The van der Waals surface area contributed by atoms with Crippen LogP contribution in [0.4, 0.5) is 4.39 Å². The number of hydrogen-bond donors (Lipinski definition) is 0. The van der Waals surface area contributed by atoms with Crippen molar-refractivity contribution in [3.63, 3.8) is 0 Å². The van der Waals surface area contributed by atoms with E-state index in [4.69, 9.17) is 4.74 Å². The van der Waals surface area contributed by atoms with Gasteiger partial charge in [-0.1, -0.05) is 18.6 Å². The monoisotopic (exact) mass is 222 g/mol. The molecule has 0 N–H and O–H groups in total. The van der Waals surface area contributed by atoms with Gasteiger partial charge in [-0.05, 0) is 43.4 Å². The quantitative estimate of drug-likeness (QED) is 0.734. The Morgan fingerprint density at radius 1 is 1.12 bits per heavy atom. The highest BCUT2D eigenvalue weighted by atomic mass is 19.1. The van der Waals surface area contributed by atoms with Crippen molar-refractivity contribution in [1.29, 1.82) is 0 Å². The fourth-order valence-electron chi connectivity index (χ4n) is 2.44. The average Bonchev–Trinajstić information content (AvgIpc) is 2.31. The summed E-state index contributed by atoms with van der Waals surface area (Å²) < 4.78 is 18.1. The number of halogens is 1. The maximum absolute atomic E-state index is 12.9. The second-order valence-corrected chi connectivity index (χ2v) is 4.28. The van der Waals surface area contributed by atoms with Crippen molar-refractivity contribution in [2.75, 3.05) is 0 Å². The zero-order chi connectivity index (χ0) is 11.4. The highest BCUT2D eigenvalue weighted by Crippen LogP contribution is 2.39. The highest BCUT2D eigenvalue weighted by Gasteiger charge is 2.35. The van der Waals surface area contributed by atoms with Crippen LogP contribution < -0.4 is 0 Å². The highest BCUT2D eigenvalue weighted by molar-refractivity contribution is 5.40. The second-order valence-electron chi connectivity index (χ2n) is 4.28. The topological polar surface area (TPSA) is 26.3 Å². The Morgan fingerprint density at radius 3 is 2.31 bits per heavy atom. The van der Waals surface area contributed by atoms with Gasteiger partial charge in [0, 0.05) is 0 Å². The standard InChI is InChI=1S/C13H15FO2/c14-12-6-4-11(5-7-12)13(16-10-15)8-2-1-3-9-13/h4-7,10H,1-3,8-9H2. The number of carbonyl (C=O) groups is 1. The van der Waals surface area contributed by atoms with E-state index in [1.807, 2.05) is 0 Å². The van der Waals surface area contributed by atoms with Gasteiger partial charge in [0.25, 0.3) is 6.47 Å². The molecule has 16 heavy (non-hydrogen) atoms. The molecule has 0 aromatic heterocycles. The van der Waals surface area contributed by atoms with Crippen LogP contribution >= 0.6 is 0 Å². The molecule has 2 nitrogen and oxygen atoms in total. The first-order valence-electron chi connectivity index (χ1n) is 5.64.